The number of nitro benzene ring substituents is 1. The Hall–Kier alpha value is -4.93. The fourth-order valence-corrected chi connectivity index (χ4v) is 3.81. The number of benzene rings is 1. The Labute approximate surface area is 193 Å². The van der Waals surface area contributed by atoms with Gasteiger partial charge in [0.1, 0.15) is 6.04 Å². The van der Waals surface area contributed by atoms with Crippen molar-refractivity contribution in [1.29, 1.82) is 0 Å². The van der Waals surface area contributed by atoms with Crippen molar-refractivity contribution in [3.05, 3.63) is 100 Å². The minimum Gasteiger partial charge on any atom is -0.328 e. The number of rotatable bonds is 5. The SMILES string of the molecule is CC1=C(C(=O)Nc2cccnc2)C(c2cccnc2)n2nc(-c3cccc([N+](=O)[O-])c3)nc2N1. The third-order valence-corrected chi connectivity index (χ3v) is 5.33. The molecular weight excluding hydrogens is 436 g/mol. The van der Waals surface area contributed by atoms with E-state index in [9.17, 15) is 14.9 Å². The molecule has 0 spiro atoms. The van der Waals surface area contributed by atoms with Crippen LogP contribution in [-0.2, 0) is 4.79 Å². The van der Waals surface area contributed by atoms with E-state index >= 15 is 0 Å². The van der Waals surface area contributed by atoms with Crippen molar-refractivity contribution in [2.75, 3.05) is 10.6 Å². The van der Waals surface area contributed by atoms with Crippen LogP contribution < -0.4 is 10.6 Å². The zero-order chi connectivity index (χ0) is 23.7. The van der Waals surface area contributed by atoms with Gasteiger partial charge in [-0.15, -0.1) is 5.10 Å². The highest BCUT2D eigenvalue weighted by molar-refractivity contribution is 6.05. The van der Waals surface area contributed by atoms with Crippen molar-refractivity contribution in [3.63, 3.8) is 0 Å². The lowest BCUT2D eigenvalue weighted by molar-refractivity contribution is -0.384. The van der Waals surface area contributed by atoms with E-state index in [4.69, 9.17) is 0 Å². The number of aromatic nitrogens is 5. The lowest BCUT2D eigenvalue weighted by atomic mass is 9.96. The van der Waals surface area contributed by atoms with Crippen LogP contribution in [0.4, 0.5) is 17.3 Å². The Bertz CT molecular complexity index is 1420. The summed E-state index contributed by atoms with van der Waals surface area (Å²) in [6, 6.07) is 12.6. The molecule has 4 heterocycles. The molecule has 1 atom stereocenters. The normalized spacial score (nSPS) is 14.8. The highest BCUT2D eigenvalue weighted by Crippen LogP contribution is 2.36. The van der Waals surface area contributed by atoms with Gasteiger partial charge in [0, 0.05) is 42.0 Å². The van der Waals surface area contributed by atoms with Gasteiger partial charge in [0.15, 0.2) is 5.82 Å². The molecule has 4 aromatic rings. The first-order valence-corrected chi connectivity index (χ1v) is 10.3. The molecule has 0 saturated heterocycles. The largest absolute Gasteiger partial charge is 0.328 e. The predicted octanol–water partition coefficient (Wildman–Crippen LogP) is 3.57. The molecule has 0 radical (unpaired) electrons. The van der Waals surface area contributed by atoms with Gasteiger partial charge in [-0.05, 0) is 30.7 Å². The average molecular weight is 454 g/mol. The molecule has 34 heavy (non-hydrogen) atoms. The summed E-state index contributed by atoms with van der Waals surface area (Å²) in [5.41, 5.74) is 2.74. The van der Waals surface area contributed by atoms with Crippen LogP contribution in [0.25, 0.3) is 11.4 Å². The summed E-state index contributed by atoms with van der Waals surface area (Å²) < 4.78 is 1.59. The van der Waals surface area contributed by atoms with Gasteiger partial charge < -0.3 is 10.6 Å². The molecule has 1 amide bonds. The molecule has 0 bridgehead atoms. The van der Waals surface area contributed by atoms with Crippen LogP contribution in [0.15, 0.2) is 84.6 Å². The van der Waals surface area contributed by atoms with Gasteiger partial charge >= 0.3 is 0 Å². The van der Waals surface area contributed by atoms with Crippen LogP contribution >= 0.6 is 0 Å². The minimum atomic E-state index is -0.624. The van der Waals surface area contributed by atoms with Gasteiger partial charge in [-0.3, -0.25) is 24.9 Å². The molecule has 11 nitrogen and oxygen atoms in total. The Kier molecular flexibility index (Phi) is 5.26. The third-order valence-electron chi connectivity index (χ3n) is 5.33. The molecule has 11 heteroatoms. The molecule has 0 aliphatic carbocycles. The summed E-state index contributed by atoms with van der Waals surface area (Å²) >= 11 is 0. The van der Waals surface area contributed by atoms with Crippen LogP contribution in [0.3, 0.4) is 0 Å². The molecule has 5 rings (SSSR count). The van der Waals surface area contributed by atoms with E-state index < -0.39 is 11.0 Å². The second-order valence-electron chi connectivity index (χ2n) is 7.56. The molecule has 168 valence electrons. The quantitative estimate of drug-likeness (QED) is 0.344. The summed E-state index contributed by atoms with van der Waals surface area (Å²) in [6.45, 7) is 1.78. The highest BCUT2D eigenvalue weighted by atomic mass is 16.6. The number of hydrogen-bond acceptors (Lipinski definition) is 8. The summed E-state index contributed by atoms with van der Waals surface area (Å²) in [5.74, 6) is 0.373. The monoisotopic (exact) mass is 454 g/mol. The standard InChI is InChI=1S/C23H18N8O3/c1-14-19(22(32)27-17-7-4-10-25-13-17)20(16-6-3-9-24-12-16)30-23(26-14)28-21(29-30)15-5-2-8-18(11-15)31(33)34/h2-13,20H,1H3,(H,27,32)(H,26,28,29). The van der Waals surface area contributed by atoms with Crippen molar-refractivity contribution in [2.45, 2.75) is 13.0 Å². The van der Waals surface area contributed by atoms with Gasteiger partial charge in [0.25, 0.3) is 11.6 Å². The number of pyridine rings is 2. The first-order chi connectivity index (χ1) is 16.5. The van der Waals surface area contributed by atoms with Crippen molar-refractivity contribution >= 4 is 23.2 Å². The minimum absolute atomic E-state index is 0.0621. The molecule has 1 aliphatic rings. The Morgan fingerprint density at radius 3 is 2.62 bits per heavy atom. The second-order valence-corrected chi connectivity index (χ2v) is 7.56. The molecule has 0 saturated carbocycles. The molecular formula is C23H18N8O3. The van der Waals surface area contributed by atoms with Gasteiger partial charge in [-0.2, -0.15) is 4.98 Å². The summed E-state index contributed by atoms with van der Waals surface area (Å²) in [7, 11) is 0. The number of nitrogens with zero attached hydrogens (tertiary/aromatic N) is 6. The van der Waals surface area contributed by atoms with Crippen molar-refractivity contribution in [1.82, 2.24) is 24.7 Å². The lowest BCUT2D eigenvalue weighted by Crippen LogP contribution is -2.31. The molecule has 0 fully saturated rings. The maximum atomic E-state index is 13.4. The van der Waals surface area contributed by atoms with Crippen LogP contribution in [0.5, 0.6) is 0 Å². The van der Waals surface area contributed by atoms with Gasteiger partial charge in [0.05, 0.1) is 22.4 Å². The molecule has 3 aromatic heterocycles. The van der Waals surface area contributed by atoms with Crippen LogP contribution in [0.1, 0.15) is 18.5 Å². The number of carbonyl (C=O) groups is 1. The second kappa shape index (κ2) is 8.54. The fourth-order valence-electron chi connectivity index (χ4n) is 3.81. The first kappa shape index (κ1) is 20.9. The maximum Gasteiger partial charge on any atom is 0.270 e. The Morgan fingerprint density at radius 1 is 1.12 bits per heavy atom. The first-order valence-electron chi connectivity index (χ1n) is 10.3. The summed E-state index contributed by atoms with van der Waals surface area (Å²) in [4.78, 5) is 36.9. The number of hydrogen-bond donors (Lipinski definition) is 2. The number of anilines is 2. The number of carbonyl (C=O) groups excluding carboxylic acids is 1. The van der Waals surface area contributed by atoms with E-state index in [1.54, 1.807) is 66.7 Å². The zero-order valence-electron chi connectivity index (χ0n) is 17.9. The Morgan fingerprint density at radius 2 is 1.91 bits per heavy atom. The number of allylic oxidation sites excluding steroid dienone is 1. The molecule has 1 aromatic carbocycles. The summed E-state index contributed by atoms with van der Waals surface area (Å²) in [6.07, 6.45) is 6.49. The highest BCUT2D eigenvalue weighted by Gasteiger charge is 2.34. The van der Waals surface area contributed by atoms with Crippen LogP contribution in [0.2, 0.25) is 0 Å². The zero-order valence-corrected chi connectivity index (χ0v) is 17.9. The van der Waals surface area contributed by atoms with E-state index in [0.717, 1.165) is 5.56 Å². The lowest BCUT2D eigenvalue weighted by Gasteiger charge is -2.28. The number of fused-ring (bicyclic) bond motifs is 1. The topological polar surface area (TPSA) is 141 Å². The summed E-state index contributed by atoms with van der Waals surface area (Å²) in [5, 5.41) is 21.8. The van der Waals surface area contributed by atoms with Crippen LogP contribution in [-0.4, -0.2) is 35.6 Å². The van der Waals surface area contributed by atoms with Gasteiger partial charge in [-0.1, -0.05) is 18.2 Å². The van der Waals surface area contributed by atoms with E-state index in [-0.39, 0.29) is 11.6 Å². The number of nitrogens with one attached hydrogen (secondary N) is 2. The van der Waals surface area contributed by atoms with Gasteiger partial charge in [0.2, 0.25) is 5.95 Å². The van der Waals surface area contributed by atoms with E-state index in [1.165, 1.54) is 12.1 Å². The predicted molar refractivity (Wildman–Crippen MR) is 124 cm³/mol. The number of nitro groups is 1. The van der Waals surface area contributed by atoms with E-state index in [2.05, 4.69) is 30.7 Å². The van der Waals surface area contributed by atoms with E-state index in [1.807, 2.05) is 6.07 Å². The Balaban J connectivity index is 1.59. The third kappa shape index (κ3) is 3.86. The van der Waals surface area contributed by atoms with Crippen molar-refractivity contribution < 1.29 is 9.72 Å². The van der Waals surface area contributed by atoms with E-state index in [0.29, 0.717) is 34.3 Å². The van der Waals surface area contributed by atoms with Crippen LogP contribution in [0, 0.1) is 10.1 Å². The molecule has 1 aliphatic heterocycles. The fraction of sp³-hybridized carbons (Fsp3) is 0.0870. The maximum absolute atomic E-state index is 13.4. The average Bonchev–Trinajstić information content (AvgIpc) is 3.28. The molecule has 2 N–H and O–H groups in total. The van der Waals surface area contributed by atoms with Crippen molar-refractivity contribution in [2.24, 2.45) is 0 Å². The van der Waals surface area contributed by atoms with Crippen molar-refractivity contribution in [3.8, 4) is 11.4 Å². The number of non-ortho nitro benzene ring substituents is 1. The van der Waals surface area contributed by atoms with Gasteiger partial charge in [-0.25, -0.2) is 4.68 Å². The smallest absolute Gasteiger partial charge is 0.270 e. The molecule has 1 unspecified atom stereocenters. The number of amides is 1.